The van der Waals surface area contributed by atoms with E-state index >= 15 is 0 Å². The molecule has 2 aliphatic carbocycles. The Hall–Kier alpha value is -2.38. The molecule has 166 valence electrons. The summed E-state index contributed by atoms with van der Waals surface area (Å²) in [6.07, 6.45) is 0.0145. The molecular weight excluding hydrogens is 392 g/mol. The van der Waals surface area contributed by atoms with Crippen LogP contribution in [0.2, 0.25) is 0 Å². The van der Waals surface area contributed by atoms with Gasteiger partial charge < -0.3 is 19.3 Å². The molecule has 1 aliphatic heterocycles. The Labute approximate surface area is 175 Å². The van der Waals surface area contributed by atoms with Crippen LogP contribution in [0.4, 0.5) is 0 Å². The number of rotatable bonds is 9. The summed E-state index contributed by atoms with van der Waals surface area (Å²) in [5, 5.41) is 9.56. The number of aliphatic carboxylic acids is 1. The molecule has 0 aromatic heterocycles. The minimum atomic E-state index is -1.04. The van der Waals surface area contributed by atoms with E-state index in [0.717, 1.165) is 0 Å². The first kappa shape index (κ1) is 22.3. The molecule has 1 heterocycles. The number of ether oxygens (including phenoxy) is 3. The largest absolute Gasteiger partial charge is 0.481 e. The highest BCUT2D eigenvalue weighted by Gasteiger charge is 2.70. The molecule has 1 N–H and O–H groups in total. The highest BCUT2D eigenvalue weighted by molar-refractivity contribution is 5.87. The molecule has 8 heteroatoms. The summed E-state index contributed by atoms with van der Waals surface area (Å²) >= 11 is 0. The van der Waals surface area contributed by atoms with E-state index in [1.54, 1.807) is 13.8 Å². The van der Waals surface area contributed by atoms with E-state index in [2.05, 4.69) is 6.58 Å². The number of carboxylic acids is 1. The zero-order chi connectivity index (χ0) is 22.3. The summed E-state index contributed by atoms with van der Waals surface area (Å²) in [7, 11) is 0. The zero-order valence-corrected chi connectivity index (χ0v) is 17.8. The van der Waals surface area contributed by atoms with Gasteiger partial charge in [0.1, 0.15) is 18.3 Å². The molecule has 0 amide bonds. The average Bonchev–Trinajstić information content (AvgIpc) is 3.29. The Morgan fingerprint density at radius 2 is 1.93 bits per heavy atom. The molecule has 30 heavy (non-hydrogen) atoms. The van der Waals surface area contributed by atoms with Crippen molar-refractivity contribution < 1.29 is 38.5 Å². The lowest BCUT2D eigenvalue weighted by Crippen LogP contribution is -2.44. The monoisotopic (exact) mass is 422 g/mol. The summed E-state index contributed by atoms with van der Waals surface area (Å²) in [5.74, 6) is -5.16. The van der Waals surface area contributed by atoms with E-state index in [9.17, 15) is 24.3 Å². The first-order valence-electron chi connectivity index (χ1n) is 10.6. The van der Waals surface area contributed by atoms with Crippen LogP contribution in [0.1, 0.15) is 47.0 Å². The van der Waals surface area contributed by atoms with Crippen LogP contribution in [-0.2, 0) is 33.4 Å². The Kier molecular flexibility index (Phi) is 6.24. The van der Waals surface area contributed by atoms with Crippen molar-refractivity contribution in [3.8, 4) is 0 Å². The number of carboxylic acid groups (broad SMARTS) is 1. The fourth-order valence-corrected chi connectivity index (χ4v) is 5.13. The molecule has 2 saturated carbocycles. The topological polar surface area (TPSA) is 116 Å². The highest BCUT2D eigenvalue weighted by atomic mass is 16.6. The van der Waals surface area contributed by atoms with E-state index in [-0.39, 0.29) is 17.9 Å². The van der Waals surface area contributed by atoms with Crippen molar-refractivity contribution >= 4 is 23.9 Å². The lowest BCUT2D eigenvalue weighted by atomic mass is 9.78. The van der Waals surface area contributed by atoms with Crippen molar-refractivity contribution in [3.63, 3.8) is 0 Å². The van der Waals surface area contributed by atoms with Gasteiger partial charge in [0.2, 0.25) is 0 Å². The van der Waals surface area contributed by atoms with E-state index < -0.39 is 59.8 Å². The number of fused-ring (bicyclic) bond motifs is 1. The number of carbonyl (C=O) groups excluding carboxylic acids is 3. The van der Waals surface area contributed by atoms with Crippen molar-refractivity contribution in [3.05, 3.63) is 12.2 Å². The van der Waals surface area contributed by atoms with E-state index in [1.165, 1.54) is 0 Å². The highest BCUT2D eigenvalue weighted by Crippen LogP contribution is 2.58. The summed E-state index contributed by atoms with van der Waals surface area (Å²) < 4.78 is 16.5. The molecule has 0 radical (unpaired) electrons. The molecule has 3 aliphatic rings. The first-order valence-corrected chi connectivity index (χ1v) is 10.6. The summed E-state index contributed by atoms with van der Waals surface area (Å²) in [5.41, 5.74) is 0.322. The molecule has 2 bridgehead atoms. The van der Waals surface area contributed by atoms with Gasteiger partial charge in [-0.2, -0.15) is 0 Å². The molecular formula is C22H30O8. The van der Waals surface area contributed by atoms with Gasteiger partial charge in [-0.3, -0.25) is 14.4 Å². The Bertz CT molecular complexity index is 758. The fraction of sp³-hybridized carbons (Fsp3) is 0.727. The van der Waals surface area contributed by atoms with E-state index in [1.807, 2.05) is 13.8 Å². The smallest absolute Gasteiger partial charge is 0.333 e. The molecule has 0 aromatic carbocycles. The molecule has 3 rings (SSSR count). The van der Waals surface area contributed by atoms with Gasteiger partial charge in [-0.05, 0) is 32.1 Å². The zero-order valence-electron chi connectivity index (χ0n) is 17.8. The van der Waals surface area contributed by atoms with Crippen molar-refractivity contribution in [2.45, 2.75) is 65.3 Å². The van der Waals surface area contributed by atoms with Crippen molar-refractivity contribution in [1.29, 1.82) is 0 Å². The molecule has 0 spiro atoms. The van der Waals surface area contributed by atoms with Crippen molar-refractivity contribution in [2.24, 2.45) is 35.5 Å². The second-order valence-electron chi connectivity index (χ2n) is 8.97. The van der Waals surface area contributed by atoms with Gasteiger partial charge in [0, 0.05) is 17.4 Å². The van der Waals surface area contributed by atoms with Gasteiger partial charge in [0.05, 0.1) is 17.8 Å². The quantitative estimate of drug-likeness (QED) is 0.342. The molecule has 3 fully saturated rings. The van der Waals surface area contributed by atoms with E-state index in [0.29, 0.717) is 24.8 Å². The SMILES string of the molecule is C=C(C)C(=O)OC(CC)CC(C)C(C)C(=O)OC1C2CC3C1OC(=O)C3C2C(=O)O. The third-order valence-electron chi connectivity index (χ3n) is 7.02. The Balaban J connectivity index is 1.61. The van der Waals surface area contributed by atoms with Crippen LogP contribution in [0.5, 0.6) is 0 Å². The molecule has 0 aromatic rings. The molecule has 1 saturated heterocycles. The third kappa shape index (κ3) is 3.84. The molecule has 8 nitrogen and oxygen atoms in total. The van der Waals surface area contributed by atoms with Crippen molar-refractivity contribution in [1.82, 2.24) is 0 Å². The van der Waals surface area contributed by atoms with Crippen LogP contribution < -0.4 is 0 Å². The van der Waals surface area contributed by atoms with Gasteiger partial charge in [0.15, 0.2) is 0 Å². The maximum atomic E-state index is 12.8. The van der Waals surface area contributed by atoms with Crippen LogP contribution in [0, 0.1) is 35.5 Å². The summed E-state index contributed by atoms with van der Waals surface area (Å²) in [4.78, 5) is 48.4. The minimum absolute atomic E-state index is 0.131. The van der Waals surface area contributed by atoms with E-state index in [4.69, 9.17) is 14.2 Å². The Morgan fingerprint density at radius 1 is 1.27 bits per heavy atom. The van der Waals surface area contributed by atoms with Crippen LogP contribution in [0.15, 0.2) is 12.2 Å². The van der Waals surface area contributed by atoms with Crippen molar-refractivity contribution in [2.75, 3.05) is 0 Å². The maximum absolute atomic E-state index is 12.8. The number of hydrogen-bond acceptors (Lipinski definition) is 7. The van der Waals surface area contributed by atoms with Gasteiger partial charge in [-0.1, -0.05) is 27.4 Å². The van der Waals surface area contributed by atoms with Crippen LogP contribution >= 0.6 is 0 Å². The standard InChI is InChI=1S/C22H30O8/c1-6-12(28-20(25)9(2)3)7-10(4)11(5)21(26)29-17-13-8-14-16(15(13)19(23)24)22(27)30-18(14)17/h10-18H,2,6-8H2,1,3-5H3,(H,23,24). The van der Waals surface area contributed by atoms with Crippen LogP contribution in [0.25, 0.3) is 0 Å². The van der Waals surface area contributed by atoms with Crippen LogP contribution in [0.3, 0.4) is 0 Å². The van der Waals surface area contributed by atoms with Crippen LogP contribution in [-0.4, -0.2) is 47.3 Å². The third-order valence-corrected chi connectivity index (χ3v) is 7.02. The normalized spacial score (nSPS) is 34.1. The first-order chi connectivity index (χ1) is 14.1. The second-order valence-corrected chi connectivity index (χ2v) is 8.97. The number of esters is 3. The van der Waals surface area contributed by atoms with Gasteiger partial charge in [-0.15, -0.1) is 0 Å². The molecule has 9 unspecified atom stereocenters. The predicted molar refractivity (Wildman–Crippen MR) is 104 cm³/mol. The van der Waals surface area contributed by atoms with Gasteiger partial charge in [-0.25, -0.2) is 4.79 Å². The molecule has 9 atom stereocenters. The number of carbonyl (C=O) groups is 4. The second kappa shape index (κ2) is 8.40. The van der Waals surface area contributed by atoms with Gasteiger partial charge in [0.25, 0.3) is 0 Å². The Morgan fingerprint density at radius 3 is 2.50 bits per heavy atom. The summed E-state index contributed by atoms with van der Waals surface area (Å²) in [6, 6.07) is 0. The summed E-state index contributed by atoms with van der Waals surface area (Å²) in [6.45, 7) is 10.7. The predicted octanol–water partition coefficient (Wildman–Crippen LogP) is 2.35. The lowest BCUT2D eigenvalue weighted by Gasteiger charge is -2.31. The fourth-order valence-electron chi connectivity index (χ4n) is 5.13. The minimum Gasteiger partial charge on any atom is -0.481 e. The lowest BCUT2D eigenvalue weighted by molar-refractivity contribution is -0.169. The number of hydrogen-bond donors (Lipinski definition) is 1. The maximum Gasteiger partial charge on any atom is 0.333 e. The van der Waals surface area contributed by atoms with Gasteiger partial charge >= 0.3 is 23.9 Å². The average molecular weight is 422 g/mol.